The number of carbonyl (C=O) groups excluding carboxylic acids is 1. The minimum absolute atomic E-state index is 0.104. The van der Waals surface area contributed by atoms with Gasteiger partial charge in [-0.05, 0) is 24.3 Å². The number of methoxy groups -OCH3 is 1. The van der Waals surface area contributed by atoms with Crippen molar-refractivity contribution in [3.63, 3.8) is 0 Å². The molecule has 2 aromatic rings. The Bertz CT molecular complexity index is 656. The zero-order valence-electron chi connectivity index (χ0n) is 11.0. The van der Waals surface area contributed by atoms with E-state index in [0.29, 0.717) is 0 Å². The Balaban J connectivity index is 2.46. The number of ketones is 1. The summed E-state index contributed by atoms with van der Waals surface area (Å²) in [6.45, 7) is -3.07. The van der Waals surface area contributed by atoms with Crippen LogP contribution in [0.25, 0.3) is 0 Å². The third-order valence-corrected chi connectivity index (χ3v) is 2.78. The summed E-state index contributed by atoms with van der Waals surface area (Å²) in [5, 5.41) is 0. The van der Waals surface area contributed by atoms with Gasteiger partial charge in [-0.1, -0.05) is 18.2 Å². The maximum Gasteiger partial charge on any atom is 0.387 e. The van der Waals surface area contributed by atoms with E-state index in [2.05, 4.69) is 4.74 Å². The van der Waals surface area contributed by atoms with Crippen molar-refractivity contribution in [2.45, 2.75) is 6.61 Å². The molecule has 0 bridgehead atoms. The molecule has 0 spiro atoms. The zero-order chi connectivity index (χ0) is 15.4. The second-order valence-corrected chi connectivity index (χ2v) is 4.03. The molecule has 0 saturated heterocycles. The Kier molecular flexibility index (Phi) is 4.47. The minimum Gasteiger partial charge on any atom is -0.494 e. The molecule has 0 aliphatic carbocycles. The molecule has 2 aromatic carbocycles. The SMILES string of the molecule is COc1cccc(C(=O)c2ccccc2OC(F)F)c1F. The van der Waals surface area contributed by atoms with E-state index in [9.17, 15) is 18.0 Å². The normalized spacial score (nSPS) is 10.5. The van der Waals surface area contributed by atoms with Crippen LogP contribution in [-0.2, 0) is 0 Å². The zero-order valence-corrected chi connectivity index (χ0v) is 11.0. The van der Waals surface area contributed by atoms with Crippen molar-refractivity contribution in [2.24, 2.45) is 0 Å². The van der Waals surface area contributed by atoms with Gasteiger partial charge in [0.2, 0.25) is 0 Å². The van der Waals surface area contributed by atoms with E-state index >= 15 is 0 Å². The Hall–Kier alpha value is -2.50. The maximum absolute atomic E-state index is 14.1. The van der Waals surface area contributed by atoms with E-state index in [0.717, 1.165) is 0 Å². The first-order chi connectivity index (χ1) is 10.0. The smallest absolute Gasteiger partial charge is 0.387 e. The van der Waals surface area contributed by atoms with Crippen molar-refractivity contribution in [1.29, 1.82) is 0 Å². The van der Waals surface area contributed by atoms with Gasteiger partial charge in [0.1, 0.15) is 5.75 Å². The average Bonchev–Trinajstić information content (AvgIpc) is 2.47. The molecule has 0 amide bonds. The highest BCUT2D eigenvalue weighted by molar-refractivity contribution is 6.11. The van der Waals surface area contributed by atoms with Crippen LogP contribution in [0.4, 0.5) is 13.2 Å². The third-order valence-electron chi connectivity index (χ3n) is 2.78. The summed E-state index contributed by atoms with van der Waals surface area (Å²) in [6, 6.07) is 9.47. The summed E-state index contributed by atoms with van der Waals surface area (Å²) in [5.74, 6) is -2.02. The number of alkyl halides is 2. The van der Waals surface area contributed by atoms with Crippen LogP contribution in [0.1, 0.15) is 15.9 Å². The summed E-state index contributed by atoms with van der Waals surface area (Å²) >= 11 is 0. The molecule has 0 saturated carbocycles. The molecule has 0 aliphatic heterocycles. The molecule has 2 rings (SSSR count). The van der Waals surface area contributed by atoms with Crippen LogP contribution in [0.3, 0.4) is 0 Å². The monoisotopic (exact) mass is 296 g/mol. The molecular weight excluding hydrogens is 285 g/mol. The number of halogens is 3. The first-order valence-corrected chi connectivity index (χ1v) is 5.95. The molecule has 0 fully saturated rings. The highest BCUT2D eigenvalue weighted by atomic mass is 19.3. The van der Waals surface area contributed by atoms with Gasteiger partial charge in [0, 0.05) is 0 Å². The van der Waals surface area contributed by atoms with Crippen LogP contribution in [0.5, 0.6) is 11.5 Å². The van der Waals surface area contributed by atoms with Gasteiger partial charge in [-0.25, -0.2) is 4.39 Å². The van der Waals surface area contributed by atoms with Crippen molar-refractivity contribution in [1.82, 2.24) is 0 Å². The summed E-state index contributed by atoms with van der Waals surface area (Å²) in [7, 11) is 1.26. The fourth-order valence-corrected chi connectivity index (χ4v) is 1.84. The van der Waals surface area contributed by atoms with Crippen LogP contribution < -0.4 is 9.47 Å². The molecule has 21 heavy (non-hydrogen) atoms. The van der Waals surface area contributed by atoms with Crippen molar-refractivity contribution in [2.75, 3.05) is 7.11 Å². The van der Waals surface area contributed by atoms with Crippen molar-refractivity contribution in [3.8, 4) is 11.5 Å². The van der Waals surface area contributed by atoms with Gasteiger partial charge in [0.15, 0.2) is 17.3 Å². The van der Waals surface area contributed by atoms with Crippen LogP contribution >= 0.6 is 0 Å². The minimum atomic E-state index is -3.07. The molecule has 0 aromatic heterocycles. The number of hydrogen-bond acceptors (Lipinski definition) is 3. The second kappa shape index (κ2) is 6.30. The molecule has 0 heterocycles. The Labute approximate surface area is 118 Å². The van der Waals surface area contributed by atoms with Crippen LogP contribution in [0.15, 0.2) is 42.5 Å². The van der Waals surface area contributed by atoms with E-state index in [1.54, 1.807) is 0 Å². The van der Waals surface area contributed by atoms with E-state index in [4.69, 9.17) is 4.74 Å². The van der Waals surface area contributed by atoms with Crippen LogP contribution in [-0.4, -0.2) is 19.5 Å². The average molecular weight is 296 g/mol. The van der Waals surface area contributed by atoms with Gasteiger partial charge in [-0.2, -0.15) is 8.78 Å². The Morgan fingerprint density at radius 2 is 1.62 bits per heavy atom. The quantitative estimate of drug-likeness (QED) is 0.790. The molecule has 0 radical (unpaired) electrons. The van der Waals surface area contributed by atoms with Gasteiger partial charge in [0.25, 0.3) is 0 Å². The lowest BCUT2D eigenvalue weighted by molar-refractivity contribution is -0.0501. The van der Waals surface area contributed by atoms with Crippen LogP contribution in [0.2, 0.25) is 0 Å². The Morgan fingerprint density at radius 1 is 1.00 bits per heavy atom. The summed E-state index contributed by atoms with van der Waals surface area (Å²) in [5.41, 5.74) is -0.426. The number of para-hydroxylation sites is 1. The highest BCUT2D eigenvalue weighted by Gasteiger charge is 2.21. The molecule has 0 unspecified atom stereocenters. The predicted octanol–water partition coefficient (Wildman–Crippen LogP) is 3.67. The summed E-state index contributed by atoms with van der Waals surface area (Å²) in [4.78, 5) is 12.3. The molecule has 6 heteroatoms. The molecule has 3 nitrogen and oxygen atoms in total. The van der Waals surface area contributed by atoms with Crippen molar-refractivity contribution in [3.05, 3.63) is 59.4 Å². The number of carbonyl (C=O) groups is 1. The van der Waals surface area contributed by atoms with Crippen molar-refractivity contribution < 1.29 is 27.4 Å². The molecule has 0 aliphatic rings. The van der Waals surface area contributed by atoms with E-state index in [-0.39, 0.29) is 22.6 Å². The molecule has 0 atom stereocenters. The van der Waals surface area contributed by atoms with Gasteiger partial charge >= 0.3 is 6.61 Å². The maximum atomic E-state index is 14.1. The Morgan fingerprint density at radius 3 is 2.29 bits per heavy atom. The van der Waals surface area contributed by atoms with Gasteiger partial charge in [-0.3, -0.25) is 4.79 Å². The number of rotatable bonds is 5. The number of benzene rings is 2. The largest absolute Gasteiger partial charge is 0.494 e. The molecule has 110 valence electrons. The number of hydrogen-bond donors (Lipinski definition) is 0. The third kappa shape index (κ3) is 3.16. The lowest BCUT2D eigenvalue weighted by Gasteiger charge is -2.11. The first kappa shape index (κ1) is 14.9. The van der Waals surface area contributed by atoms with Crippen molar-refractivity contribution >= 4 is 5.78 Å². The fraction of sp³-hybridized carbons (Fsp3) is 0.133. The van der Waals surface area contributed by atoms with E-state index in [1.807, 2.05) is 0 Å². The van der Waals surface area contributed by atoms with Gasteiger partial charge in [0.05, 0.1) is 18.2 Å². The fourth-order valence-electron chi connectivity index (χ4n) is 1.84. The summed E-state index contributed by atoms with van der Waals surface area (Å²) < 4.78 is 47.8. The standard InChI is InChI=1S/C15H11F3O3/c1-20-12-8-4-6-10(13(12)16)14(19)9-5-2-3-7-11(9)21-15(17)18/h2-8,15H,1H3. The predicted molar refractivity (Wildman–Crippen MR) is 69.5 cm³/mol. The lowest BCUT2D eigenvalue weighted by Crippen LogP contribution is -2.10. The van der Waals surface area contributed by atoms with E-state index in [1.165, 1.54) is 49.6 Å². The van der Waals surface area contributed by atoms with Gasteiger partial charge in [-0.15, -0.1) is 0 Å². The lowest BCUT2D eigenvalue weighted by atomic mass is 10.0. The number of ether oxygens (including phenoxy) is 2. The first-order valence-electron chi connectivity index (χ1n) is 5.95. The second-order valence-electron chi connectivity index (χ2n) is 4.03. The molecular formula is C15H11F3O3. The summed E-state index contributed by atoms with van der Waals surface area (Å²) in [6.07, 6.45) is 0. The highest BCUT2D eigenvalue weighted by Crippen LogP contribution is 2.27. The topological polar surface area (TPSA) is 35.5 Å². The van der Waals surface area contributed by atoms with E-state index < -0.39 is 18.2 Å². The molecule has 0 N–H and O–H groups in total. The van der Waals surface area contributed by atoms with Crippen LogP contribution in [0, 0.1) is 5.82 Å². The van der Waals surface area contributed by atoms with Gasteiger partial charge < -0.3 is 9.47 Å².